The normalized spacial score (nSPS) is 11.3. The van der Waals surface area contributed by atoms with Gasteiger partial charge in [-0.25, -0.2) is 24.9 Å². The summed E-state index contributed by atoms with van der Waals surface area (Å²) in [5.74, 6) is 2.44. The van der Waals surface area contributed by atoms with E-state index in [1.807, 2.05) is 115 Å². The van der Waals surface area contributed by atoms with Gasteiger partial charge in [-0.1, -0.05) is 158 Å². The van der Waals surface area contributed by atoms with Crippen LogP contribution in [0.25, 0.3) is 101 Å². The van der Waals surface area contributed by atoms with Crippen molar-refractivity contribution in [1.82, 2.24) is 24.9 Å². The molecule has 6 nitrogen and oxygen atoms in total. The van der Waals surface area contributed by atoms with Gasteiger partial charge in [0.2, 0.25) is 0 Å². The van der Waals surface area contributed by atoms with Crippen molar-refractivity contribution in [2.75, 3.05) is 0 Å². The summed E-state index contributed by atoms with van der Waals surface area (Å²) in [4.78, 5) is 25.2. The van der Waals surface area contributed by atoms with E-state index in [-0.39, 0.29) is 0 Å². The van der Waals surface area contributed by atoms with Crippen LogP contribution in [0.4, 0.5) is 0 Å². The molecule has 0 fully saturated rings. The van der Waals surface area contributed by atoms with Gasteiger partial charge in [-0.15, -0.1) is 0 Å². The van der Waals surface area contributed by atoms with Crippen LogP contribution in [-0.2, 0) is 0 Å². The van der Waals surface area contributed by atoms with Gasteiger partial charge in [-0.2, -0.15) is 0 Å². The van der Waals surface area contributed by atoms with Gasteiger partial charge in [-0.05, 0) is 41.5 Å². The zero-order chi connectivity index (χ0) is 36.6. The summed E-state index contributed by atoms with van der Waals surface area (Å²) in [7, 11) is 0. The van der Waals surface area contributed by atoms with Crippen molar-refractivity contribution in [2.45, 2.75) is 0 Å². The van der Waals surface area contributed by atoms with Crippen molar-refractivity contribution < 1.29 is 4.42 Å². The molecule has 0 aliphatic rings. The van der Waals surface area contributed by atoms with E-state index in [0.717, 1.165) is 72.3 Å². The Labute approximate surface area is 317 Å². The minimum atomic E-state index is 0.570. The molecule has 258 valence electrons. The van der Waals surface area contributed by atoms with Gasteiger partial charge in [-0.3, -0.25) is 0 Å². The van der Waals surface area contributed by atoms with E-state index in [1.165, 1.54) is 5.56 Å². The van der Waals surface area contributed by atoms with Gasteiger partial charge in [0, 0.05) is 44.2 Å². The number of hydrogen-bond acceptors (Lipinski definition) is 6. The van der Waals surface area contributed by atoms with Gasteiger partial charge < -0.3 is 4.42 Å². The largest absolute Gasteiger partial charge is 0.456 e. The van der Waals surface area contributed by atoms with Gasteiger partial charge in [0.25, 0.3) is 0 Å². The van der Waals surface area contributed by atoms with E-state index >= 15 is 0 Å². The molecule has 55 heavy (non-hydrogen) atoms. The van der Waals surface area contributed by atoms with E-state index in [4.69, 9.17) is 29.3 Å². The van der Waals surface area contributed by atoms with Crippen LogP contribution in [0.2, 0.25) is 0 Å². The molecule has 0 saturated heterocycles. The summed E-state index contributed by atoms with van der Waals surface area (Å²) in [5, 5.41) is 1.87. The van der Waals surface area contributed by atoms with Crippen molar-refractivity contribution in [3.05, 3.63) is 188 Å². The minimum Gasteiger partial charge on any atom is -0.456 e. The average molecular weight is 706 g/mol. The van der Waals surface area contributed by atoms with E-state index in [0.29, 0.717) is 23.3 Å². The number of fused-ring (bicyclic) bond motifs is 3. The monoisotopic (exact) mass is 705 g/mol. The molecule has 0 amide bonds. The molecule has 0 radical (unpaired) electrons. The maximum atomic E-state index is 6.47. The first-order chi connectivity index (χ1) is 27.2. The van der Waals surface area contributed by atoms with Crippen LogP contribution in [0.3, 0.4) is 0 Å². The predicted molar refractivity (Wildman–Crippen MR) is 221 cm³/mol. The molecule has 0 saturated carbocycles. The molecular formula is C49H31N5O. The van der Waals surface area contributed by atoms with Gasteiger partial charge >= 0.3 is 0 Å². The molecule has 10 aromatic rings. The first kappa shape index (κ1) is 32.1. The average Bonchev–Trinajstić information content (AvgIpc) is 3.66. The smallest absolute Gasteiger partial charge is 0.164 e. The van der Waals surface area contributed by atoms with Gasteiger partial charge in [0.15, 0.2) is 23.3 Å². The molecule has 7 aromatic carbocycles. The highest BCUT2D eigenvalue weighted by Crippen LogP contribution is 2.39. The van der Waals surface area contributed by atoms with Crippen LogP contribution in [-0.4, -0.2) is 24.9 Å². The molecule has 10 rings (SSSR count). The number of aromatic nitrogens is 5. The molecule has 0 unspecified atom stereocenters. The molecule has 3 aromatic heterocycles. The highest BCUT2D eigenvalue weighted by Gasteiger charge is 2.19. The molecule has 0 spiro atoms. The first-order valence-corrected chi connectivity index (χ1v) is 18.2. The Hall–Kier alpha value is -7.57. The summed E-state index contributed by atoms with van der Waals surface area (Å²) in [5.41, 5.74) is 11.1. The van der Waals surface area contributed by atoms with E-state index < -0.39 is 0 Å². The van der Waals surface area contributed by atoms with Crippen LogP contribution in [0.5, 0.6) is 0 Å². The fourth-order valence-electron chi connectivity index (χ4n) is 7.02. The second-order valence-electron chi connectivity index (χ2n) is 13.3. The van der Waals surface area contributed by atoms with Crippen LogP contribution in [0, 0.1) is 0 Å². The van der Waals surface area contributed by atoms with Crippen molar-refractivity contribution in [1.29, 1.82) is 0 Å². The lowest BCUT2D eigenvalue weighted by atomic mass is 10.0. The molecule has 3 heterocycles. The quantitative estimate of drug-likeness (QED) is 0.164. The van der Waals surface area contributed by atoms with Crippen LogP contribution >= 0.6 is 0 Å². The molecule has 0 atom stereocenters. The molecule has 0 aliphatic heterocycles. The number of hydrogen-bond donors (Lipinski definition) is 0. The lowest BCUT2D eigenvalue weighted by Gasteiger charge is -2.11. The van der Waals surface area contributed by atoms with Crippen LogP contribution in [0.1, 0.15) is 0 Å². The van der Waals surface area contributed by atoms with Crippen molar-refractivity contribution in [2.24, 2.45) is 0 Å². The highest BCUT2D eigenvalue weighted by molar-refractivity contribution is 6.12. The standard InChI is InChI=1S/C49H31N5O/c1-5-14-32(15-6-1)33-24-26-34(27-25-33)41-31-42(51-46(50-41)35-16-7-2-8-17-35)38-28-29-43-40(30-38)45-39(22-13-23-44(45)55-43)49-53-47(36-18-9-3-10-19-36)52-48(54-49)37-20-11-4-12-21-37/h1-31H. The fourth-order valence-corrected chi connectivity index (χ4v) is 7.02. The number of furan rings is 1. The Balaban J connectivity index is 1.13. The maximum absolute atomic E-state index is 6.47. The third-order valence-corrected chi connectivity index (χ3v) is 9.78. The zero-order valence-electron chi connectivity index (χ0n) is 29.5. The Bertz CT molecular complexity index is 2890. The summed E-state index contributed by atoms with van der Waals surface area (Å²) in [6.07, 6.45) is 0. The van der Waals surface area contributed by atoms with Gasteiger partial charge in [0.05, 0.1) is 11.4 Å². The Kier molecular flexibility index (Phi) is 8.04. The Morgan fingerprint density at radius 2 is 0.745 bits per heavy atom. The third-order valence-electron chi connectivity index (χ3n) is 9.78. The SMILES string of the molecule is c1ccc(-c2ccc(-c3cc(-c4ccc5oc6cccc(-c7nc(-c8ccccc8)nc(-c8ccccc8)n7)c6c5c4)nc(-c4ccccc4)n3)cc2)cc1. The molecule has 0 aliphatic carbocycles. The topological polar surface area (TPSA) is 77.6 Å². The fraction of sp³-hybridized carbons (Fsp3) is 0. The highest BCUT2D eigenvalue weighted by atomic mass is 16.3. The zero-order valence-corrected chi connectivity index (χ0v) is 29.5. The van der Waals surface area contributed by atoms with Crippen molar-refractivity contribution in [3.8, 4) is 79.2 Å². The summed E-state index contributed by atoms with van der Waals surface area (Å²) in [6, 6.07) is 63.4. The maximum Gasteiger partial charge on any atom is 0.164 e. The van der Waals surface area contributed by atoms with E-state index in [1.54, 1.807) is 0 Å². The summed E-state index contributed by atoms with van der Waals surface area (Å²) < 4.78 is 6.47. The number of nitrogens with zero attached hydrogens (tertiary/aromatic N) is 5. The summed E-state index contributed by atoms with van der Waals surface area (Å²) in [6.45, 7) is 0. The molecule has 6 heteroatoms. The predicted octanol–water partition coefficient (Wildman–Crippen LogP) is 12.2. The Morgan fingerprint density at radius 1 is 0.291 bits per heavy atom. The second-order valence-corrected chi connectivity index (χ2v) is 13.3. The second kappa shape index (κ2) is 13.8. The lowest BCUT2D eigenvalue weighted by molar-refractivity contribution is 0.669. The van der Waals surface area contributed by atoms with Crippen LogP contribution in [0.15, 0.2) is 192 Å². The Morgan fingerprint density at radius 3 is 1.33 bits per heavy atom. The lowest BCUT2D eigenvalue weighted by Crippen LogP contribution is -2.00. The minimum absolute atomic E-state index is 0.570. The summed E-state index contributed by atoms with van der Waals surface area (Å²) >= 11 is 0. The first-order valence-electron chi connectivity index (χ1n) is 18.2. The number of benzene rings is 7. The van der Waals surface area contributed by atoms with Crippen molar-refractivity contribution in [3.63, 3.8) is 0 Å². The number of rotatable bonds is 7. The van der Waals surface area contributed by atoms with Gasteiger partial charge in [0.1, 0.15) is 11.2 Å². The third kappa shape index (κ3) is 6.22. The van der Waals surface area contributed by atoms with Crippen LogP contribution < -0.4 is 0 Å². The molecule has 0 N–H and O–H groups in total. The van der Waals surface area contributed by atoms with Crippen molar-refractivity contribution >= 4 is 21.9 Å². The molecule has 0 bridgehead atoms. The van der Waals surface area contributed by atoms with E-state index in [2.05, 4.69) is 72.8 Å². The molecular weight excluding hydrogens is 675 g/mol. The van der Waals surface area contributed by atoms with E-state index in [9.17, 15) is 0 Å².